The molecule has 0 heterocycles. The highest BCUT2D eigenvalue weighted by atomic mass is 16.5. The summed E-state index contributed by atoms with van der Waals surface area (Å²) < 4.78 is 5.77. The number of hydrogen-bond acceptors (Lipinski definition) is 3. The second-order valence-corrected chi connectivity index (χ2v) is 5.38. The van der Waals surface area contributed by atoms with Crippen LogP contribution in [0.15, 0.2) is 48.5 Å². The van der Waals surface area contributed by atoms with Crippen molar-refractivity contribution in [3.63, 3.8) is 0 Å². The maximum absolute atomic E-state index is 11.9. The molecule has 2 N–H and O–H groups in total. The highest BCUT2D eigenvalue weighted by Gasteiger charge is 2.08. The zero-order chi connectivity index (χ0) is 16.7. The second-order valence-electron chi connectivity index (χ2n) is 5.38. The van der Waals surface area contributed by atoms with Gasteiger partial charge in [-0.3, -0.25) is 0 Å². The van der Waals surface area contributed by atoms with Gasteiger partial charge in [0.25, 0.3) is 0 Å². The van der Waals surface area contributed by atoms with E-state index >= 15 is 0 Å². The van der Waals surface area contributed by atoms with Crippen LogP contribution >= 0.6 is 0 Å². The van der Waals surface area contributed by atoms with Crippen LogP contribution in [0.4, 0.5) is 10.5 Å². The third-order valence-corrected chi connectivity index (χ3v) is 3.36. The summed E-state index contributed by atoms with van der Waals surface area (Å²) in [7, 11) is 1.63. The Hall–Kier alpha value is -2.53. The molecule has 0 aliphatic carbocycles. The molecule has 0 aliphatic heterocycles. The minimum atomic E-state index is -0.269. The van der Waals surface area contributed by atoms with E-state index in [0.717, 1.165) is 5.56 Å². The summed E-state index contributed by atoms with van der Waals surface area (Å²) in [5.74, 6) is 0.689. The predicted octanol–water partition coefficient (Wildman–Crippen LogP) is 3.03. The molecule has 5 nitrogen and oxygen atoms in total. The van der Waals surface area contributed by atoms with E-state index in [1.54, 1.807) is 19.2 Å². The van der Waals surface area contributed by atoms with Crippen molar-refractivity contribution in [1.29, 1.82) is 0 Å². The van der Waals surface area contributed by atoms with Crippen LogP contribution in [0.1, 0.15) is 11.1 Å². The lowest BCUT2D eigenvalue weighted by Crippen LogP contribution is -2.33. The van der Waals surface area contributed by atoms with E-state index in [1.807, 2.05) is 37.3 Å². The third kappa shape index (κ3) is 5.30. The first-order chi connectivity index (χ1) is 11.1. The number of nitrogens with zero attached hydrogens (tertiary/aromatic N) is 1. The van der Waals surface area contributed by atoms with Crippen LogP contribution in [-0.4, -0.2) is 36.2 Å². The van der Waals surface area contributed by atoms with Crippen molar-refractivity contribution in [2.45, 2.75) is 13.5 Å². The lowest BCUT2D eigenvalue weighted by atomic mass is 10.1. The molecule has 0 fully saturated rings. The summed E-state index contributed by atoms with van der Waals surface area (Å²) in [6.07, 6.45) is 0. The summed E-state index contributed by atoms with van der Waals surface area (Å²) in [6, 6.07) is 15.1. The number of aryl methyl sites for hydroxylation is 1. The number of likely N-dealkylation sites (N-methyl/N-ethyl adjacent to an activating group) is 1. The minimum absolute atomic E-state index is 0.0659. The summed E-state index contributed by atoms with van der Waals surface area (Å²) in [4.78, 5) is 13.3. The fourth-order valence-electron chi connectivity index (χ4n) is 2.10. The normalized spacial score (nSPS) is 10.2. The van der Waals surface area contributed by atoms with Gasteiger partial charge in [0.1, 0.15) is 12.4 Å². The second kappa shape index (κ2) is 8.19. The van der Waals surface area contributed by atoms with Gasteiger partial charge >= 0.3 is 6.03 Å². The molecule has 0 aliphatic rings. The van der Waals surface area contributed by atoms with Gasteiger partial charge in [-0.25, -0.2) is 4.79 Å². The fourth-order valence-corrected chi connectivity index (χ4v) is 2.10. The molecular formula is C18H22N2O3. The average molecular weight is 314 g/mol. The van der Waals surface area contributed by atoms with E-state index in [4.69, 9.17) is 9.84 Å². The zero-order valence-electron chi connectivity index (χ0n) is 13.5. The van der Waals surface area contributed by atoms with Gasteiger partial charge in [0.2, 0.25) is 0 Å². The van der Waals surface area contributed by atoms with Gasteiger partial charge in [-0.05, 0) is 24.6 Å². The van der Waals surface area contributed by atoms with Crippen LogP contribution < -0.4 is 10.1 Å². The molecule has 2 aromatic carbocycles. The van der Waals surface area contributed by atoms with Gasteiger partial charge in [-0.2, -0.15) is 0 Å². The van der Waals surface area contributed by atoms with Crippen molar-refractivity contribution in [2.75, 3.05) is 25.5 Å². The van der Waals surface area contributed by atoms with E-state index in [2.05, 4.69) is 11.4 Å². The smallest absolute Gasteiger partial charge is 0.321 e. The van der Waals surface area contributed by atoms with E-state index < -0.39 is 0 Å². The Morgan fingerprint density at radius 1 is 1.22 bits per heavy atom. The molecule has 23 heavy (non-hydrogen) atoms. The quantitative estimate of drug-likeness (QED) is 0.861. The zero-order valence-corrected chi connectivity index (χ0v) is 13.5. The van der Waals surface area contributed by atoms with Crippen molar-refractivity contribution in [3.8, 4) is 5.75 Å². The number of carbonyl (C=O) groups is 1. The van der Waals surface area contributed by atoms with Crippen molar-refractivity contribution < 1.29 is 14.6 Å². The highest BCUT2D eigenvalue weighted by Crippen LogP contribution is 2.19. The number of ether oxygens (including phenoxy) is 1. The summed E-state index contributed by atoms with van der Waals surface area (Å²) >= 11 is 0. The molecule has 0 bridgehead atoms. The van der Waals surface area contributed by atoms with Crippen molar-refractivity contribution >= 4 is 11.7 Å². The molecule has 0 saturated heterocycles. The first kappa shape index (κ1) is 16.8. The summed E-state index contributed by atoms with van der Waals surface area (Å²) in [5, 5.41) is 11.6. The van der Waals surface area contributed by atoms with Crippen LogP contribution in [0.25, 0.3) is 0 Å². The molecule has 0 spiro atoms. The molecule has 5 heteroatoms. The Bertz CT molecular complexity index is 658. The molecule has 122 valence electrons. The van der Waals surface area contributed by atoms with Crippen LogP contribution in [0, 0.1) is 6.92 Å². The largest absolute Gasteiger partial charge is 0.489 e. The summed E-state index contributed by atoms with van der Waals surface area (Å²) in [5.41, 5.74) is 2.95. The summed E-state index contributed by atoms with van der Waals surface area (Å²) in [6.45, 7) is 2.74. The number of carbonyl (C=O) groups excluding carboxylic acids is 1. The average Bonchev–Trinajstić information content (AvgIpc) is 2.53. The van der Waals surface area contributed by atoms with E-state index in [9.17, 15) is 4.79 Å². The molecule has 0 saturated carbocycles. The van der Waals surface area contributed by atoms with Gasteiger partial charge in [-0.15, -0.1) is 0 Å². The van der Waals surface area contributed by atoms with E-state index in [0.29, 0.717) is 18.0 Å². The first-order valence-corrected chi connectivity index (χ1v) is 7.50. The Labute approximate surface area is 136 Å². The van der Waals surface area contributed by atoms with Crippen molar-refractivity contribution in [2.24, 2.45) is 0 Å². The van der Waals surface area contributed by atoms with Crippen LogP contribution in [-0.2, 0) is 6.61 Å². The lowest BCUT2D eigenvalue weighted by molar-refractivity contribution is 0.202. The number of nitrogens with one attached hydrogen (secondary N) is 1. The van der Waals surface area contributed by atoms with E-state index in [1.165, 1.54) is 10.5 Å². The number of anilines is 1. The number of amides is 2. The minimum Gasteiger partial charge on any atom is -0.489 e. The van der Waals surface area contributed by atoms with E-state index in [-0.39, 0.29) is 19.2 Å². The molecule has 2 aromatic rings. The molecule has 0 atom stereocenters. The van der Waals surface area contributed by atoms with Crippen LogP contribution in [0.3, 0.4) is 0 Å². The topological polar surface area (TPSA) is 61.8 Å². The van der Waals surface area contributed by atoms with Crippen LogP contribution in [0.5, 0.6) is 5.75 Å². The van der Waals surface area contributed by atoms with Crippen LogP contribution in [0.2, 0.25) is 0 Å². The highest BCUT2D eigenvalue weighted by molar-refractivity contribution is 5.89. The first-order valence-electron chi connectivity index (χ1n) is 7.50. The number of aliphatic hydroxyl groups is 1. The number of urea groups is 1. The maximum Gasteiger partial charge on any atom is 0.321 e. The number of aliphatic hydroxyl groups excluding tert-OH is 1. The molecule has 0 radical (unpaired) electrons. The maximum atomic E-state index is 11.9. The Balaban J connectivity index is 1.95. The number of rotatable bonds is 6. The molecule has 2 amide bonds. The Morgan fingerprint density at radius 3 is 2.74 bits per heavy atom. The Kier molecular flexibility index (Phi) is 6.00. The standard InChI is InChI=1S/C18H22N2O3/c1-14-5-3-6-15(11-14)13-23-17-8-4-7-16(12-17)19-18(22)20(2)9-10-21/h3-8,11-12,21H,9-10,13H2,1-2H3,(H,19,22). The fraction of sp³-hybridized carbons (Fsp3) is 0.278. The monoisotopic (exact) mass is 314 g/mol. The Morgan fingerprint density at radius 2 is 2.00 bits per heavy atom. The number of benzene rings is 2. The van der Waals surface area contributed by atoms with Gasteiger partial charge in [0.15, 0.2) is 0 Å². The SMILES string of the molecule is Cc1cccc(COc2cccc(NC(=O)N(C)CCO)c2)c1. The van der Waals surface area contributed by atoms with Gasteiger partial charge in [0, 0.05) is 25.3 Å². The van der Waals surface area contributed by atoms with Gasteiger partial charge < -0.3 is 20.1 Å². The predicted molar refractivity (Wildman–Crippen MR) is 90.7 cm³/mol. The van der Waals surface area contributed by atoms with Gasteiger partial charge in [0.05, 0.1) is 6.61 Å². The third-order valence-electron chi connectivity index (χ3n) is 3.36. The van der Waals surface area contributed by atoms with Crippen molar-refractivity contribution in [3.05, 3.63) is 59.7 Å². The number of hydrogen-bond donors (Lipinski definition) is 2. The molecule has 0 unspecified atom stereocenters. The van der Waals surface area contributed by atoms with Gasteiger partial charge in [-0.1, -0.05) is 35.9 Å². The molecule has 0 aromatic heterocycles. The lowest BCUT2D eigenvalue weighted by Gasteiger charge is -2.17. The molecule has 2 rings (SSSR count). The van der Waals surface area contributed by atoms with Crippen molar-refractivity contribution in [1.82, 2.24) is 4.90 Å². The molecular weight excluding hydrogens is 292 g/mol.